The van der Waals surface area contributed by atoms with E-state index in [1.165, 1.54) is 11.0 Å². The topological polar surface area (TPSA) is 102 Å². The summed E-state index contributed by atoms with van der Waals surface area (Å²) in [6.07, 6.45) is 12.4. The van der Waals surface area contributed by atoms with Crippen LogP contribution in [0.4, 0.5) is 0 Å². The van der Waals surface area contributed by atoms with Gasteiger partial charge in [-0.25, -0.2) is 0 Å². The van der Waals surface area contributed by atoms with Crippen molar-refractivity contribution in [1.29, 1.82) is 0 Å². The van der Waals surface area contributed by atoms with Gasteiger partial charge in [0.05, 0.1) is 25.8 Å². The highest BCUT2D eigenvalue weighted by molar-refractivity contribution is 6.08. The van der Waals surface area contributed by atoms with Gasteiger partial charge in [0, 0.05) is 18.0 Å². The van der Waals surface area contributed by atoms with Gasteiger partial charge in [-0.2, -0.15) is 0 Å². The van der Waals surface area contributed by atoms with E-state index in [9.17, 15) is 19.7 Å². The van der Waals surface area contributed by atoms with Crippen molar-refractivity contribution < 1.29 is 24.0 Å². The van der Waals surface area contributed by atoms with E-state index in [1.54, 1.807) is 4.90 Å². The maximum Gasteiger partial charge on any atom is 0.240 e. The van der Waals surface area contributed by atoms with Crippen LogP contribution in [0.2, 0.25) is 0 Å². The minimum absolute atomic E-state index is 0.0809. The van der Waals surface area contributed by atoms with E-state index in [4.69, 9.17) is 9.47 Å². The molecule has 0 N–H and O–H groups in total. The lowest BCUT2D eigenvalue weighted by Crippen LogP contribution is -2.69. The van der Waals surface area contributed by atoms with Crippen LogP contribution in [0, 0.1) is 21.4 Å². The molecule has 4 atom stereocenters. The highest BCUT2D eigenvalue weighted by Gasteiger charge is 2.73. The zero-order valence-corrected chi connectivity index (χ0v) is 19.7. The Balaban J connectivity index is 1.80. The van der Waals surface area contributed by atoms with E-state index >= 15 is 0 Å². The number of carbonyl (C=O) groups is 2. The van der Waals surface area contributed by atoms with E-state index in [-0.39, 0.29) is 49.0 Å². The fraction of sp³-hybridized carbons (Fsp3) is 0.680. The van der Waals surface area contributed by atoms with Gasteiger partial charge in [0.2, 0.25) is 17.9 Å². The zero-order chi connectivity index (χ0) is 24.3. The highest BCUT2D eigenvalue weighted by Crippen LogP contribution is 2.55. The Kier molecular flexibility index (Phi) is 7.23. The maximum absolute atomic E-state index is 14.2. The van der Waals surface area contributed by atoms with Crippen LogP contribution in [-0.4, -0.2) is 77.3 Å². The molecule has 0 radical (unpaired) electrons. The van der Waals surface area contributed by atoms with Gasteiger partial charge >= 0.3 is 0 Å². The Morgan fingerprint density at radius 2 is 1.94 bits per heavy atom. The molecule has 4 heterocycles. The average Bonchev–Trinajstić information content (AvgIpc) is 3.38. The molecule has 9 heteroatoms. The normalized spacial score (nSPS) is 33.9. The maximum atomic E-state index is 14.2. The third kappa shape index (κ3) is 3.98. The summed E-state index contributed by atoms with van der Waals surface area (Å²) in [5.41, 5.74) is -1.63. The van der Waals surface area contributed by atoms with E-state index in [1.807, 2.05) is 12.2 Å². The minimum atomic E-state index is -1.63. The van der Waals surface area contributed by atoms with E-state index in [0.29, 0.717) is 19.5 Å². The number of amides is 2. The highest BCUT2D eigenvalue weighted by atomic mass is 16.7. The van der Waals surface area contributed by atoms with E-state index in [2.05, 4.69) is 19.2 Å². The molecule has 0 aromatic heterocycles. The summed E-state index contributed by atoms with van der Waals surface area (Å²) in [6.45, 7) is 8.84. The molecule has 9 nitrogen and oxygen atoms in total. The van der Waals surface area contributed by atoms with Crippen molar-refractivity contribution in [3.05, 3.63) is 47.6 Å². The molecule has 0 aromatic carbocycles. The van der Waals surface area contributed by atoms with Crippen LogP contribution in [0.3, 0.4) is 0 Å². The van der Waals surface area contributed by atoms with E-state index < -0.39 is 23.2 Å². The number of allylic oxidation sites excluding steroid dienone is 2. The first-order valence-corrected chi connectivity index (χ1v) is 12.3. The van der Waals surface area contributed by atoms with Crippen LogP contribution in [0.15, 0.2) is 37.5 Å². The van der Waals surface area contributed by atoms with Gasteiger partial charge in [-0.3, -0.25) is 19.7 Å². The quantitative estimate of drug-likeness (QED) is 0.177. The van der Waals surface area contributed by atoms with Crippen LogP contribution < -0.4 is 0 Å². The minimum Gasteiger partial charge on any atom is -0.343 e. The number of unbranched alkanes of at least 4 members (excludes halogenated alkanes) is 2. The van der Waals surface area contributed by atoms with Gasteiger partial charge in [-0.15, -0.1) is 6.58 Å². The number of nitrogens with zero attached hydrogens (tertiary/aromatic N) is 3. The lowest BCUT2D eigenvalue weighted by atomic mass is 9.62. The predicted molar refractivity (Wildman–Crippen MR) is 125 cm³/mol. The molecule has 0 unspecified atom stereocenters. The Bertz CT molecular complexity index is 867. The van der Waals surface area contributed by atoms with Crippen molar-refractivity contribution in [2.24, 2.45) is 11.3 Å². The second-order valence-corrected chi connectivity index (χ2v) is 9.65. The third-order valence-electron chi connectivity index (χ3n) is 7.76. The first-order chi connectivity index (χ1) is 16.4. The summed E-state index contributed by atoms with van der Waals surface area (Å²) in [5, 5.41) is 12.4. The molecule has 0 aromatic rings. The van der Waals surface area contributed by atoms with Crippen molar-refractivity contribution in [3.63, 3.8) is 0 Å². The summed E-state index contributed by atoms with van der Waals surface area (Å²) < 4.78 is 11.9. The van der Waals surface area contributed by atoms with Crippen LogP contribution >= 0.6 is 0 Å². The molecule has 0 bridgehead atoms. The van der Waals surface area contributed by atoms with Crippen LogP contribution in [0.5, 0.6) is 0 Å². The first kappa shape index (κ1) is 24.6. The molecule has 4 aliphatic heterocycles. The Labute approximate surface area is 200 Å². The monoisotopic (exact) mass is 473 g/mol. The molecule has 0 saturated carbocycles. The second-order valence-electron chi connectivity index (χ2n) is 9.65. The van der Waals surface area contributed by atoms with Crippen LogP contribution in [-0.2, 0) is 19.1 Å². The van der Waals surface area contributed by atoms with Crippen molar-refractivity contribution in [2.45, 2.75) is 62.8 Å². The predicted octanol–water partition coefficient (Wildman–Crippen LogP) is 2.70. The number of hydrogen-bond donors (Lipinski definition) is 0. The van der Waals surface area contributed by atoms with Crippen molar-refractivity contribution in [2.75, 3.05) is 32.8 Å². The lowest BCUT2D eigenvalue weighted by Gasteiger charge is -2.49. The summed E-state index contributed by atoms with van der Waals surface area (Å²) in [5.74, 6) is -3.34. The molecule has 2 amide bonds. The molecule has 4 aliphatic rings. The molecule has 3 fully saturated rings. The number of carbonyl (C=O) groups excluding carboxylic acids is 2. The summed E-state index contributed by atoms with van der Waals surface area (Å²) in [6, 6.07) is -1.50. The number of rotatable bonds is 8. The zero-order valence-electron chi connectivity index (χ0n) is 19.7. The third-order valence-corrected chi connectivity index (χ3v) is 7.76. The molecule has 1 spiro atoms. The molecule has 4 rings (SSSR count). The Morgan fingerprint density at radius 3 is 2.62 bits per heavy atom. The van der Waals surface area contributed by atoms with Gasteiger partial charge < -0.3 is 19.3 Å². The summed E-state index contributed by atoms with van der Waals surface area (Å²) in [7, 11) is 0. The number of nitro groups is 1. The van der Waals surface area contributed by atoms with Crippen molar-refractivity contribution in [3.8, 4) is 0 Å². The SMILES string of the molecule is C=CCCCCN1C[C@H]([N+](=O)[O-])[C@@H](C2(C=C)OCCO2)[C@]2(C[C@@H]3/C=C\CCCCN3C2=O)C1=O. The van der Waals surface area contributed by atoms with Gasteiger partial charge in [-0.1, -0.05) is 24.8 Å². The summed E-state index contributed by atoms with van der Waals surface area (Å²) >= 11 is 0. The van der Waals surface area contributed by atoms with Crippen molar-refractivity contribution in [1.82, 2.24) is 9.80 Å². The number of likely N-dealkylation sites (tertiary alicyclic amines) is 1. The largest absolute Gasteiger partial charge is 0.343 e. The van der Waals surface area contributed by atoms with Gasteiger partial charge in [0.25, 0.3) is 0 Å². The average molecular weight is 474 g/mol. The standard InChI is InChI=1S/C25H35N3O6/c1-3-5-6-10-13-26-18-20(28(31)32)21(25(4-2)33-15-16-34-25)24(22(26)29)17-19-12-9-7-8-11-14-27(19)23(24)30/h3-4,9,12,19-21H,1-2,5-8,10-11,13-18H2/b12-9-/t19-,20-,21+,24+/m0/s1. The number of hydrogen-bond acceptors (Lipinski definition) is 6. The summed E-state index contributed by atoms with van der Waals surface area (Å²) in [4.78, 5) is 43.7. The number of piperidine rings is 1. The van der Waals surface area contributed by atoms with Crippen molar-refractivity contribution >= 4 is 11.8 Å². The van der Waals surface area contributed by atoms with Crippen LogP contribution in [0.25, 0.3) is 0 Å². The van der Waals surface area contributed by atoms with Gasteiger partial charge in [-0.05, 0) is 51.0 Å². The van der Waals surface area contributed by atoms with Gasteiger partial charge in [0.1, 0.15) is 11.3 Å². The van der Waals surface area contributed by atoms with Gasteiger partial charge in [0.15, 0.2) is 5.79 Å². The molecule has 186 valence electrons. The fourth-order valence-corrected chi connectivity index (χ4v) is 6.22. The second kappa shape index (κ2) is 10.00. The Morgan fingerprint density at radius 1 is 1.18 bits per heavy atom. The number of ether oxygens (including phenoxy) is 2. The fourth-order valence-electron chi connectivity index (χ4n) is 6.22. The lowest BCUT2D eigenvalue weighted by molar-refractivity contribution is -0.546. The smallest absolute Gasteiger partial charge is 0.240 e. The molecular weight excluding hydrogens is 438 g/mol. The Hall–Kier alpha value is -2.52. The van der Waals surface area contributed by atoms with E-state index in [0.717, 1.165) is 32.1 Å². The molecule has 34 heavy (non-hydrogen) atoms. The first-order valence-electron chi connectivity index (χ1n) is 12.3. The number of fused-ring (bicyclic) bond motifs is 1. The molecular formula is C25H35N3O6. The van der Waals surface area contributed by atoms with Crippen LogP contribution in [0.1, 0.15) is 44.9 Å². The molecule has 0 aliphatic carbocycles. The molecule has 3 saturated heterocycles.